The maximum atomic E-state index is 10.0. The van der Waals surface area contributed by atoms with E-state index in [-0.39, 0.29) is 71.9 Å². The van der Waals surface area contributed by atoms with Crippen LogP contribution < -0.4 is 0 Å². The molecule has 1 fully saturated rings. The number of nitrogens with zero attached hydrogens (tertiary/aromatic N) is 6. The average molecular weight is 2140 g/mol. The topological polar surface area (TPSA) is 104 Å². The van der Waals surface area contributed by atoms with E-state index in [1.807, 2.05) is 42.5 Å². The molecule has 0 amide bonds. The SMILES string of the molecule is CC(=O)C=C(C)O.CCCCCCc1cc(C)c(-n2cc(-c3cccc(-c4ccccc4)c3)nc2-c2[c-]cccc2)c(C)c1.Cc1cc(C)cc(-c2cn(-c3c(C(C)C)cc(-c4ccccc4)cc3C(C)C)c(-c3[c-]cccc3)n2)c1.Cc1cc(C2CCCCC2)cc(C)c1-n1cc(-c2[c-]cc3oc4ccccc4c3c2)nc1-c1ccccc1.[Ir].[Ir].[Ir]. The minimum Gasteiger partial charge on any atom is -0.512 e. The predicted molar refractivity (Wildman–Crippen MR) is 495 cm³/mol. The molecule has 16 aromatic rings. The Morgan fingerprint density at radius 3 is 1.46 bits per heavy atom. The van der Waals surface area contributed by atoms with E-state index in [1.54, 1.807) is 0 Å². The molecule has 12 aromatic carbocycles. The summed E-state index contributed by atoms with van der Waals surface area (Å²) in [6.07, 6.45) is 20.7. The summed E-state index contributed by atoms with van der Waals surface area (Å²) in [5.74, 6) is 4.10. The summed E-state index contributed by atoms with van der Waals surface area (Å²) >= 11 is 0. The number of benzene rings is 12. The average Bonchev–Trinajstić information content (AvgIpc) is 1.55. The molecule has 4 heterocycles. The summed E-state index contributed by atoms with van der Waals surface area (Å²) < 4.78 is 12.9. The molecular formula is C110H109Ir3N6O3-3. The zero-order chi connectivity index (χ0) is 83.2. The van der Waals surface area contributed by atoms with Crippen LogP contribution in [0.25, 0.3) is 129 Å². The number of imidazole rings is 3. The van der Waals surface area contributed by atoms with E-state index in [4.69, 9.17) is 24.5 Å². The zero-order valence-electron chi connectivity index (χ0n) is 72.3. The van der Waals surface area contributed by atoms with Gasteiger partial charge in [-0.1, -0.05) is 247 Å². The van der Waals surface area contributed by atoms with Gasteiger partial charge in [-0.05, 0) is 208 Å². The summed E-state index contributed by atoms with van der Waals surface area (Å²) in [6, 6.07) is 100. The molecule has 0 saturated heterocycles. The maximum Gasteiger partial charge on any atom is 0.155 e. The van der Waals surface area contributed by atoms with Gasteiger partial charge in [-0.3, -0.25) is 19.7 Å². The molecule has 3 radical (unpaired) electrons. The Labute approximate surface area is 763 Å². The number of allylic oxidation sites excluding steroid dienone is 2. The van der Waals surface area contributed by atoms with Crippen LogP contribution in [0.5, 0.6) is 0 Å². The first kappa shape index (κ1) is 92.0. The van der Waals surface area contributed by atoms with Crippen molar-refractivity contribution in [1.29, 1.82) is 0 Å². The van der Waals surface area contributed by atoms with E-state index in [1.165, 1.54) is 173 Å². The van der Waals surface area contributed by atoms with Gasteiger partial charge in [0.1, 0.15) is 11.4 Å². The fourth-order valence-corrected chi connectivity index (χ4v) is 17.0. The van der Waals surface area contributed by atoms with Crippen molar-refractivity contribution >= 4 is 27.7 Å². The van der Waals surface area contributed by atoms with Gasteiger partial charge in [0, 0.05) is 118 Å². The van der Waals surface area contributed by atoms with Crippen molar-refractivity contribution in [2.45, 2.75) is 172 Å². The normalized spacial score (nSPS) is 12.0. The van der Waals surface area contributed by atoms with E-state index >= 15 is 0 Å². The first-order chi connectivity index (χ1) is 57.7. The molecule has 122 heavy (non-hydrogen) atoms. The molecule has 1 saturated carbocycles. The number of aliphatic hydroxyl groups excluding tert-OH is 1. The Morgan fingerprint density at radius 2 is 0.926 bits per heavy atom. The second kappa shape index (κ2) is 42.8. The first-order valence-electron chi connectivity index (χ1n) is 42.4. The Hall–Kier alpha value is -10.8. The quantitative estimate of drug-likeness (QED) is 0.0353. The van der Waals surface area contributed by atoms with Crippen LogP contribution in [0.15, 0.2) is 290 Å². The molecule has 1 N–H and O–H groups in total. The summed E-state index contributed by atoms with van der Waals surface area (Å²) in [4.78, 5) is 25.6. The molecule has 0 aliphatic heterocycles. The number of para-hydroxylation sites is 1. The van der Waals surface area contributed by atoms with Crippen molar-refractivity contribution in [3.05, 3.63) is 359 Å². The monoisotopic (exact) mass is 2140 g/mol. The number of aryl methyl sites for hydroxylation is 7. The molecule has 1 aliphatic rings. The van der Waals surface area contributed by atoms with E-state index < -0.39 is 0 Å². The Bertz CT molecular complexity index is 6110. The van der Waals surface area contributed by atoms with Crippen LogP contribution >= 0.6 is 0 Å². The fourth-order valence-electron chi connectivity index (χ4n) is 17.0. The van der Waals surface area contributed by atoms with Gasteiger partial charge in [-0.2, -0.15) is 0 Å². The largest absolute Gasteiger partial charge is 0.512 e. The number of carbonyl (C=O) groups is 1. The van der Waals surface area contributed by atoms with Gasteiger partial charge >= 0.3 is 0 Å². The van der Waals surface area contributed by atoms with Crippen molar-refractivity contribution in [1.82, 2.24) is 28.7 Å². The number of fused-ring (bicyclic) bond motifs is 3. The summed E-state index contributed by atoms with van der Waals surface area (Å²) in [6.45, 7) is 27.5. The minimum atomic E-state index is -0.125. The second-order valence-electron chi connectivity index (χ2n) is 32.7. The van der Waals surface area contributed by atoms with Crippen molar-refractivity contribution in [3.63, 3.8) is 0 Å². The third kappa shape index (κ3) is 22.0. The summed E-state index contributed by atoms with van der Waals surface area (Å²) in [7, 11) is 0. The third-order valence-electron chi connectivity index (χ3n) is 22.5. The van der Waals surface area contributed by atoms with E-state index in [0.717, 1.165) is 96.3 Å². The molecular weight excluding hydrogens is 2030 g/mol. The fraction of sp³-hybridized carbons (Fsp3) is 0.236. The standard InChI is InChI=1S/C35H31N2O.2C35H35N2.C5H8O2.3Ir/c1-23-19-28(25-11-5-3-6-12-25)20-24(2)34(23)37-22-31(36-35(37)26-13-7-4-8-14-26)27-17-18-33-30(21-27)29-15-9-10-16-32(29)38-33;1-23(2)31-20-29(27-13-9-7-10-14-27)21-32(24(3)4)34(31)37-22-33(30-18-25(5)17-26(6)19-30)36-35(37)28-15-11-8-12-16-28;1-4-5-6-9-15-28-22-26(2)34(27(3)23-28)37-25-33(36-35(37)30-18-12-8-13-19-30)32-21-14-20-31(24-32)29-16-10-7-11-17-29;1-4(6)3-5(2)7;;;/h4,7-10,13-16,18-22,25H,3,5-6,11-12H2,1-2H3;7-15,17-24H,1-6H3;7-8,10-14,16-18,20-25H,4-6,9,15H2,1-3H3;3,6H,1-2H3;;;/q3*-1;;;;. The van der Waals surface area contributed by atoms with E-state index in [2.05, 4.69) is 339 Å². The number of unbranched alkanes of at least 4 members (excludes halogenated alkanes) is 3. The molecule has 0 bridgehead atoms. The van der Waals surface area contributed by atoms with Crippen LogP contribution in [-0.2, 0) is 71.5 Å². The number of rotatable bonds is 20. The molecule has 4 aromatic heterocycles. The van der Waals surface area contributed by atoms with Crippen LogP contribution in [0.3, 0.4) is 0 Å². The van der Waals surface area contributed by atoms with Crippen molar-refractivity contribution in [2.75, 3.05) is 0 Å². The molecule has 17 rings (SSSR count). The number of aliphatic hydroxyl groups is 1. The molecule has 1 aliphatic carbocycles. The third-order valence-corrected chi connectivity index (χ3v) is 22.5. The molecule has 0 atom stereocenters. The Balaban J connectivity index is 0.000000169. The molecule has 9 nitrogen and oxygen atoms in total. The molecule has 0 unspecified atom stereocenters. The van der Waals surface area contributed by atoms with Crippen molar-refractivity contribution in [3.8, 4) is 107 Å². The van der Waals surface area contributed by atoms with Crippen LogP contribution in [-0.4, -0.2) is 39.5 Å². The van der Waals surface area contributed by atoms with Gasteiger partial charge < -0.3 is 23.2 Å². The van der Waals surface area contributed by atoms with Crippen LogP contribution in [0.2, 0.25) is 0 Å². The van der Waals surface area contributed by atoms with Gasteiger partial charge in [-0.25, -0.2) is 0 Å². The smallest absolute Gasteiger partial charge is 0.155 e. The van der Waals surface area contributed by atoms with E-state index in [0.29, 0.717) is 17.8 Å². The number of furan rings is 1. The van der Waals surface area contributed by atoms with E-state index in [9.17, 15) is 4.79 Å². The Morgan fingerprint density at radius 1 is 0.443 bits per heavy atom. The zero-order valence-corrected chi connectivity index (χ0v) is 79.5. The number of hydrogen-bond donors (Lipinski definition) is 1. The van der Waals surface area contributed by atoms with Gasteiger partial charge in [0.25, 0.3) is 0 Å². The maximum absolute atomic E-state index is 10.0. The van der Waals surface area contributed by atoms with Crippen molar-refractivity contribution < 1.29 is 74.6 Å². The summed E-state index contributed by atoms with van der Waals surface area (Å²) in [5.41, 5.74) is 32.7. The second-order valence-corrected chi connectivity index (χ2v) is 32.7. The number of carbonyl (C=O) groups excluding carboxylic acids is 1. The first-order valence-corrected chi connectivity index (χ1v) is 42.4. The minimum absolute atomic E-state index is 0. The van der Waals surface area contributed by atoms with Gasteiger partial charge in [-0.15, -0.1) is 95.6 Å². The molecule has 12 heteroatoms. The van der Waals surface area contributed by atoms with Gasteiger partial charge in [0.2, 0.25) is 0 Å². The number of ketones is 1. The van der Waals surface area contributed by atoms with Crippen LogP contribution in [0.4, 0.5) is 0 Å². The van der Waals surface area contributed by atoms with Gasteiger partial charge in [0.15, 0.2) is 5.78 Å². The molecule has 0 spiro atoms. The van der Waals surface area contributed by atoms with Crippen molar-refractivity contribution in [2.24, 2.45) is 0 Å². The number of hydrogen-bond acceptors (Lipinski definition) is 6. The number of aromatic nitrogens is 6. The van der Waals surface area contributed by atoms with Crippen LogP contribution in [0, 0.1) is 59.7 Å². The predicted octanol–water partition coefficient (Wildman–Crippen LogP) is 29.6. The van der Waals surface area contributed by atoms with Gasteiger partial charge in [0.05, 0.1) is 40.1 Å². The Kier molecular flexibility index (Phi) is 32.3. The summed E-state index contributed by atoms with van der Waals surface area (Å²) in [5, 5.41) is 10.6. The molecule has 627 valence electrons. The van der Waals surface area contributed by atoms with Crippen LogP contribution in [0.1, 0.15) is 180 Å².